The van der Waals surface area contributed by atoms with Gasteiger partial charge in [-0.15, -0.1) is 0 Å². The van der Waals surface area contributed by atoms with E-state index in [1.54, 1.807) is 12.1 Å². The zero-order valence-corrected chi connectivity index (χ0v) is 11.6. The van der Waals surface area contributed by atoms with E-state index in [0.717, 1.165) is 19.3 Å². The summed E-state index contributed by atoms with van der Waals surface area (Å²) >= 11 is 0. The molecule has 1 N–H and O–H groups in total. The van der Waals surface area contributed by atoms with E-state index >= 15 is 0 Å². The minimum absolute atomic E-state index is 0.0732. The molecule has 1 aromatic rings. The van der Waals surface area contributed by atoms with Crippen LogP contribution in [0.4, 0.5) is 11.4 Å². The fourth-order valence-corrected chi connectivity index (χ4v) is 2.69. The fraction of sp³-hybridized carbons (Fsp3) is 0.571. The Balaban J connectivity index is 2.18. The van der Waals surface area contributed by atoms with Crippen molar-refractivity contribution < 1.29 is 9.66 Å². The van der Waals surface area contributed by atoms with Crippen molar-refractivity contribution in [3.05, 3.63) is 28.3 Å². The molecule has 5 nitrogen and oxygen atoms in total. The molecule has 2 rings (SSSR count). The third kappa shape index (κ3) is 3.16. The first-order chi connectivity index (χ1) is 8.91. The molecule has 1 unspecified atom stereocenters. The van der Waals surface area contributed by atoms with Gasteiger partial charge >= 0.3 is 0 Å². The van der Waals surface area contributed by atoms with Crippen LogP contribution >= 0.6 is 0 Å². The number of rotatable bonds is 4. The smallest absolute Gasteiger partial charge is 0.296 e. The Bertz CT molecular complexity index is 486. The Morgan fingerprint density at radius 3 is 2.74 bits per heavy atom. The summed E-state index contributed by atoms with van der Waals surface area (Å²) < 4.78 is 5.03. The lowest BCUT2D eigenvalue weighted by Gasteiger charge is -2.18. The van der Waals surface area contributed by atoms with E-state index in [2.05, 4.69) is 19.2 Å². The summed E-state index contributed by atoms with van der Waals surface area (Å²) in [5, 5.41) is 14.4. The highest BCUT2D eigenvalue weighted by Crippen LogP contribution is 2.39. The number of nitro groups is 1. The van der Waals surface area contributed by atoms with E-state index in [1.165, 1.54) is 13.2 Å². The van der Waals surface area contributed by atoms with E-state index in [9.17, 15) is 10.1 Å². The number of ether oxygens (including phenoxy) is 1. The van der Waals surface area contributed by atoms with Crippen molar-refractivity contribution in [2.24, 2.45) is 5.41 Å². The van der Waals surface area contributed by atoms with Crippen LogP contribution in [-0.4, -0.2) is 18.1 Å². The molecule has 1 aliphatic rings. The van der Waals surface area contributed by atoms with Crippen molar-refractivity contribution >= 4 is 11.4 Å². The van der Waals surface area contributed by atoms with Crippen LogP contribution in [0.3, 0.4) is 0 Å². The average Bonchev–Trinajstić information content (AvgIpc) is 2.69. The molecule has 104 valence electrons. The second-order valence-corrected chi connectivity index (χ2v) is 5.89. The van der Waals surface area contributed by atoms with Gasteiger partial charge < -0.3 is 10.1 Å². The van der Waals surface area contributed by atoms with Gasteiger partial charge in [0.15, 0.2) is 0 Å². The molecule has 0 aromatic heterocycles. The van der Waals surface area contributed by atoms with Gasteiger partial charge in [0.05, 0.1) is 18.1 Å². The normalized spacial score (nSPS) is 21.1. The maximum absolute atomic E-state index is 11.1. The minimum Gasteiger partial charge on any atom is -0.496 e. The Morgan fingerprint density at radius 2 is 2.21 bits per heavy atom. The van der Waals surface area contributed by atoms with Crippen LogP contribution in [-0.2, 0) is 0 Å². The Morgan fingerprint density at radius 1 is 1.47 bits per heavy atom. The molecule has 1 atom stereocenters. The predicted octanol–water partition coefficient (Wildman–Crippen LogP) is 3.59. The Kier molecular flexibility index (Phi) is 3.64. The summed E-state index contributed by atoms with van der Waals surface area (Å²) in [6.07, 6.45) is 3.24. The van der Waals surface area contributed by atoms with Crippen LogP contribution in [0.5, 0.6) is 5.75 Å². The molecule has 0 spiro atoms. The van der Waals surface area contributed by atoms with Crippen LogP contribution in [0.1, 0.15) is 33.1 Å². The molecular formula is C14H20N2O3. The van der Waals surface area contributed by atoms with E-state index < -0.39 is 0 Å². The summed E-state index contributed by atoms with van der Waals surface area (Å²) in [4.78, 5) is 10.7. The monoisotopic (exact) mass is 264 g/mol. The summed E-state index contributed by atoms with van der Waals surface area (Å²) in [6.45, 7) is 4.47. The second-order valence-electron chi connectivity index (χ2n) is 5.89. The summed E-state index contributed by atoms with van der Waals surface area (Å²) in [6, 6.07) is 5.24. The molecule has 0 heterocycles. The maximum Gasteiger partial charge on any atom is 0.296 e. The highest BCUT2D eigenvalue weighted by molar-refractivity contribution is 5.64. The van der Waals surface area contributed by atoms with Crippen LogP contribution in [0, 0.1) is 15.5 Å². The third-order valence-corrected chi connectivity index (χ3v) is 3.73. The highest BCUT2D eigenvalue weighted by Gasteiger charge is 2.31. The first kappa shape index (κ1) is 13.6. The quantitative estimate of drug-likeness (QED) is 0.666. The van der Waals surface area contributed by atoms with Crippen LogP contribution in [0.25, 0.3) is 0 Å². The lowest BCUT2D eigenvalue weighted by Crippen LogP contribution is -2.18. The molecule has 19 heavy (non-hydrogen) atoms. The SMILES string of the molecule is COc1ccc(NC2CCC(C)(C)C2)c([N+](=O)[O-])c1. The van der Waals surface area contributed by atoms with E-state index in [4.69, 9.17) is 4.74 Å². The third-order valence-electron chi connectivity index (χ3n) is 3.73. The fourth-order valence-electron chi connectivity index (χ4n) is 2.69. The van der Waals surface area contributed by atoms with Gasteiger partial charge in [0, 0.05) is 6.04 Å². The lowest BCUT2D eigenvalue weighted by molar-refractivity contribution is -0.384. The average molecular weight is 264 g/mol. The van der Waals surface area contributed by atoms with Crippen LogP contribution < -0.4 is 10.1 Å². The maximum atomic E-state index is 11.1. The van der Waals surface area contributed by atoms with Crippen molar-refractivity contribution in [2.45, 2.75) is 39.2 Å². The minimum atomic E-state index is -0.370. The van der Waals surface area contributed by atoms with Crippen molar-refractivity contribution in [3.63, 3.8) is 0 Å². The van der Waals surface area contributed by atoms with Gasteiger partial charge in [-0.25, -0.2) is 0 Å². The molecule has 5 heteroatoms. The number of hydrogen-bond acceptors (Lipinski definition) is 4. The van der Waals surface area contributed by atoms with Gasteiger partial charge in [0.1, 0.15) is 11.4 Å². The zero-order valence-electron chi connectivity index (χ0n) is 11.6. The predicted molar refractivity (Wildman–Crippen MR) is 74.7 cm³/mol. The zero-order chi connectivity index (χ0) is 14.0. The van der Waals surface area contributed by atoms with E-state index in [0.29, 0.717) is 22.9 Å². The largest absolute Gasteiger partial charge is 0.496 e. The molecule has 0 amide bonds. The molecule has 1 fully saturated rings. The number of nitrogens with zero attached hydrogens (tertiary/aromatic N) is 1. The van der Waals surface area contributed by atoms with Gasteiger partial charge in [-0.2, -0.15) is 0 Å². The summed E-state index contributed by atoms with van der Waals surface area (Å²) in [5.74, 6) is 0.504. The van der Waals surface area contributed by atoms with Gasteiger partial charge in [0.25, 0.3) is 5.69 Å². The van der Waals surface area contributed by atoms with E-state index in [-0.39, 0.29) is 10.6 Å². The second kappa shape index (κ2) is 5.07. The molecule has 1 saturated carbocycles. The lowest BCUT2D eigenvalue weighted by atomic mass is 9.92. The number of hydrogen-bond donors (Lipinski definition) is 1. The van der Waals surface area contributed by atoms with E-state index in [1.807, 2.05) is 0 Å². The standard InChI is InChI=1S/C14H20N2O3/c1-14(2)7-6-10(9-14)15-12-5-4-11(19-3)8-13(12)16(17)18/h4-5,8,10,15H,6-7,9H2,1-3H3. The van der Waals surface area contributed by atoms with Crippen molar-refractivity contribution in [3.8, 4) is 5.75 Å². The van der Waals surface area contributed by atoms with Gasteiger partial charge in [0.2, 0.25) is 0 Å². The molecule has 0 bridgehead atoms. The molecule has 0 saturated heterocycles. The number of nitrogens with one attached hydrogen (secondary N) is 1. The molecule has 1 aliphatic carbocycles. The number of methoxy groups -OCH3 is 1. The molecule has 0 aliphatic heterocycles. The highest BCUT2D eigenvalue weighted by atomic mass is 16.6. The number of benzene rings is 1. The Labute approximate surface area is 113 Å². The van der Waals surface area contributed by atoms with Crippen LogP contribution in [0.15, 0.2) is 18.2 Å². The summed E-state index contributed by atoms with van der Waals surface area (Å²) in [7, 11) is 1.51. The van der Waals surface area contributed by atoms with Gasteiger partial charge in [-0.3, -0.25) is 10.1 Å². The van der Waals surface area contributed by atoms with Gasteiger partial charge in [-0.1, -0.05) is 13.8 Å². The topological polar surface area (TPSA) is 64.4 Å². The molecule has 1 aromatic carbocycles. The Hall–Kier alpha value is -1.78. The molecular weight excluding hydrogens is 244 g/mol. The summed E-state index contributed by atoms with van der Waals surface area (Å²) in [5.41, 5.74) is 0.969. The van der Waals surface area contributed by atoms with Crippen molar-refractivity contribution in [1.82, 2.24) is 0 Å². The number of nitro benzene ring substituents is 1. The first-order valence-electron chi connectivity index (χ1n) is 6.50. The van der Waals surface area contributed by atoms with Gasteiger partial charge in [-0.05, 0) is 36.8 Å². The van der Waals surface area contributed by atoms with Crippen molar-refractivity contribution in [1.29, 1.82) is 0 Å². The first-order valence-corrected chi connectivity index (χ1v) is 6.50. The van der Waals surface area contributed by atoms with Crippen molar-refractivity contribution in [2.75, 3.05) is 12.4 Å². The molecule has 0 radical (unpaired) electrons. The van der Waals surface area contributed by atoms with Crippen LogP contribution in [0.2, 0.25) is 0 Å². The number of anilines is 1.